The summed E-state index contributed by atoms with van der Waals surface area (Å²) in [7, 11) is -1.29. The molecule has 0 unspecified atom stereocenters. The summed E-state index contributed by atoms with van der Waals surface area (Å²) in [4.78, 5) is 14.0. The molecule has 6 rings (SSSR count). The molecule has 42 heavy (non-hydrogen) atoms. The summed E-state index contributed by atoms with van der Waals surface area (Å²) < 4.78 is 30.5. The van der Waals surface area contributed by atoms with Crippen molar-refractivity contribution in [1.29, 1.82) is 0 Å². The van der Waals surface area contributed by atoms with Gasteiger partial charge in [-0.25, -0.2) is 28.2 Å². The monoisotopic (exact) mass is 590 g/mol. The standard InChI is InChI=1S/C30H38N8O3S/c1-36-15-17-37(18-16-36)23-6-8-24(9-7-23)38-30-27(29(31)33-20-34-30)28(35-38)22-4-12-26(13-5-22)41-25-10-2-21(3-11-25)14-19-42(32,39)40/h2-5,10-13,20,23-24H,6-9,14-19H2,1H3,(H2,31,33,34)(H2,32,39,40). The van der Waals surface area contributed by atoms with Gasteiger partial charge in [-0.2, -0.15) is 5.10 Å². The zero-order valence-corrected chi connectivity index (χ0v) is 24.7. The lowest BCUT2D eigenvalue weighted by molar-refractivity contribution is 0.0815. The van der Waals surface area contributed by atoms with Crippen LogP contribution in [0.15, 0.2) is 54.9 Å². The molecule has 4 N–H and O–H groups in total. The molecule has 0 radical (unpaired) electrons. The van der Waals surface area contributed by atoms with Crippen molar-refractivity contribution in [1.82, 2.24) is 29.5 Å². The summed E-state index contributed by atoms with van der Waals surface area (Å²) in [5, 5.41) is 11.0. The van der Waals surface area contributed by atoms with Crippen molar-refractivity contribution < 1.29 is 13.2 Å². The first kappa shape index (κ1) is 28.5. The topological polar surface area (TPSA) is 145 Å². The lowest BCUT2D eigenvalue weighted by Gasteiger charge is -2.41. The Morgan fingerprint density at radius 3 is 2.14 bits per heavy atom. The van der Waals surface area contributed by atoms with Gasteiger partial charge in [-0.05, 0) is 81.1 Å². The van der Waals surface area contributed by atoms with Gasteiger partial charge >= 0.3 is 0 Å². The molecular formula is C30H38N8O3S. The molecule has 11 nitrogen and oxygen atoms in total. The molecule has 2 aliphatic rings. The molecule has 12 heteroatoms. The highest BCUT2D eigenvalue weighted by Crippen LogP contribution is 2.37. The van der Waals surface area contributed by atoms with E-state index in [2.05, 4.69) is 31.5 Å². The second-order valence-corrected chi connectivity index (χ2v) is 13.2. The summed E-state index contributed by atoms with van der Waals surface area (Å²) in [5.41, 5.74) is 9.72. The minimum atomic E-state index is -3.49. The van der Waals surface area contributed by atoms with E-state index in [-0.39, 0.29) is 11.8 Å². The predicted octanol–water partition coefficient (Wildman–Crippen LogP) is 3.43. The van der Waals surface area contributed by atoms with Crippen LogP contribution < -0.4 is 15.6 Å². The molecule has 0 bridgehead atoms. The van der Waals surface area contributed by atoms with Crippen LogP contribution in [-0.2, 0) is 16.4 Å². The van der Waals surface area contributed by atoms with Crippen molar-refractivity contribution in [3.63, 3.8) is 0 Å². The predicted molar refractivity (Wildman–Crippen MR) is 164 cm³/mol. The summed E-state index contributed by atoms with van der Waals surface area (Å²) in [6, 6.07) is 16.0. The third-order valence-corrected chi connectivity index (χ3v) is 9.32. The zero-order chi connectivity index (χ0) is 29.3. The maximum atomic E-state index is 11.2. The largest absolute Gasteiger partial charge is 0.457 e. The Morgan fingerprint density at radius 1 is 0.881 bits per heavy atom. The van der Waals surface area contributed by atoms with Crippen LogP contribution in [0.4, 0.5) is 5.82 Å². The highest BCUT2D eigenvalue weighted by atomic mass is 32.2. The van der Waals surface area contributed by atoms with Gasteiger partial charge in [0, 0.05) is 37.8 Å². The maximum Gasteiger partial charge on any atom is 0.209 e. The number of benzene rings is 2. The summed E-state index contributed by atoms with van der Waals surface area (Å²) in [5.74, 6) is 1.66. The number of ether oxygens (including phenoxy) is 1. The quantitative estimate of drug-likeness (QED) is 0.315. The molecule has 2 aromatic carbocycles. The van der Waals surface area contributed by atoms with Crippen LogP contribution in [0.2, 0.25) is 0 Å². The molecule has 1 saturated heterocycles. The SMILES string of the molecule is CN1CCN(C2CCC(n3nc(-c4ccc(Oc5ccc(CCS(N)(=O)=O)cc5)cc4)c4c(N)ncnc43)CC2)CC1. The third-order valence-electron chi connectivity index (χ3n) is 8.55. The lowest BCUT2D eigenvalue weighted by Crippen LogP contribution is -2.49. The van der Waals surface area contributed by atoms with E-state index in [1.165, 1.54) is 6.33 Å². The van der Waals surface area contributed by atoms with Crippen molar-refractivity contribution in [2.75, 3.05) is 44.7 Å². The molecule has 0 atom stereocenters. The molecular weight excluding hydrogens is 552 g/mol. The molecule has 1 saturated carbocycles. The number of anilines is 1. The van der Waals surface area contributed by atoms with Crippen LogP contribution in [0.5, 0.6) is 11.5 Å². The van der Waals surface area contributed by atoms with Crippen LogP contribution in [0.3, 0.4) is 0 Å². The third kappa shape index (κ3) is 6.41. The molecule has 1 aliphatic carbocycles. The number of nitrogens with two attached hydrogens (primary N) is 2. The number of rotatable bonds is 8. The van der Waals surface area contributed by atoms with Gasteiger partial charge in [0.05, 0.1) is 17.2 Å². The Hall–Kier alpha value is -3.58. The van der Waals surface area contributed by atoms with Gasteiger partial charge in [0.25, 0.3) is 0 Å². The Balaban J connectivity index is 1.17. The van der Waals surface area contributed by atoms with Gasteiger partial charge in [-0.1, -0.05) is 12.1 Å². The van der Waals surface area contributed by atoms with E-state index < -0.39 is 10.0 Å². The van der Waals surface area contributed by atoms with Crippen molar-refractivity contribution in [2.24, 2.45) is 5.14 Å². The second kappa shape index (κ2) is 12.0. The van der Waals surface area contributed by atoms with Gasteiger partial charge in [-0.3, -0.25) is 4.90 Å². The van der Waals surface area contributed by atoms with Gasteiger partial charge in [0.15, 0.2) is 5.65 Å². The first-order valence-corrected chi connectivity index (χ1v) is 16.2. The first-order chi connectivity index (χ1) is 20.2. The number of hydrogen-bond acceptors (Lipinski definition) is 9. The van der Waals surface area contributed by atoms with Gasteiger partial charge in [-0.15, -0.1) is 0 Å². The van der Waals surface area contributed by atoms with Crippen molar-refractivity contribution in [3.8, 4) is 22.8 Å². The highest BCUT2D eigenvalue weighted by molar-refractivity contribution is 7.89. The van der Waals surface area contributed by atoms with E-state index in [4.69, 9.17) is 20.7 Å². The number of aryl methyl sites for hydroxylation is 1. The van der Waals surface area contributed by atoms with Gasteiger partial charge < -0.3 is 15.4 Å². The van der Waals surface area contributed by atoms with Crippen molar-refractivity contribution >= 4 is 26.9 Å². The molecule has 222 valence electrons. The maximum absolute atomic E-state index is 11.2. The average molecular weight is 591 g/mol. The zero-order valence-electron chi connectivity index (χ0n) is 23.9. The molecule has 3 heterocycles. The number of aromatic nitrogens is 4. The van der Waals surface area contributed by atoms with E-state index in [9.17, 15) is 8.42 Å². The Kier molecular flexibility index (Phi) is 8.13. The Morgan fingerprint density at radius 2 is 1.50 bits per heavy atom. The molecule has 4 aromatic rings. The lowest BCUT2D eigenvalue weighted by atomic mass is 9.90. The van der Waals surface area contributed by atoms with Crippen LogP contribution in [-0.4, -0.2) is 83.0 Å². The summed E-state index contributed by atoms with van der Waals surface area (Å²) >= 11 is 0. The Labute approximate surface area is 246 Å². The van der Waals surface area contributed by atoms with E-state index >= 15 is 0 Å². The summed E-state index contributed by atoms with van der Waals surface area (Å²) in [6.07, 6.45) is 6.32. The van der Waals surface area contributed by atoms with Crippen LogP contribution in [0, 0.1) is 0 Å². The highest BCUT2D eigenvalue weighted by Gasteiger charge is 2.30. The minimum Gasteiger partial charge on any atom is -0.457 e. The number of likely N-dealkylation sites (N-methyl/N-ethyl adjacent to an activating group) is 1. The molecule has 1 aliphatic heterocycles. The van der Waals surface area contributed by atoms with Crippen LogP contribution in [0.1, 0.15) is 37.3 Å². The van der Waals surface area contributed by atoms with E-state index in [1.54, 1.807) is 0 Å². The number of fused-ring (bicyclic) bond motifs is 1. The van der Waals surface area contributed by atoms with Gasteiger partial charge in [0.2, 0.25) is 10.0 Å². The van der Waals surface area contributed by atoms with E-state index in [0.29, 0.717) is 29.8 Å². The van der Waals surface area contributed by atoms with E-state index in [1.807, 2.05) is 48.5 Å². The number of piperazine rings is 1. The molecule has 2 aromatic heterocycles. The fraction of sp³-hybridized carbons (Fsp3) is 0.433. The fourth-order valence-corrected chi connectivity index (χ4v) is 6.63. The normalized spacial score (nSPS) is 20.6. The molecule has 0 spiro atoms. The number of primary sulfonamides is 1. The van der Waals surface area contributed by atoms with Gasteiger partial charge in [0.1, 0.15) is 29.3 Å². The fourth-order valence-electron chi connectivity index (χ4n) is 6.11. The van der Waals surface area contributed by atoms with E-state index in [0.717, 1.165) is 79.7 Å². The molecule has 0 amide bonds. The number of hydrogen-bond donors (Lipinski definition) is 2. The second-order valence-electron chi connectivity index (χ2n) is 11.4. The first-order valence-electron chi connectivity index (χ1n) is 14.5. The minimum absolute atomic E-state index is 0.0907. The molecule has 2 fully saturated rings. The van der Waals surface area contributed by atoms with Crippen LogP contribution in [0.25, 0.3) is 22.3 Å². The van der Waals surface area contributed by atoms with Crippen molar-refractivity contribution in [3.05, 3.63) is 60.4 Å². The van der Waals surface area contributed by atoms with Crippen LogP contribution >= 0.6 is 0 Å². The Bertz CT molecular complexity index is 1620. The average Bonchev–Trinajstić information content (AvgIpc) is 3.38. The number of nitrogen functional groups attached to an aromatic ring is 1. The summed E-state index contributed by atoms with van der Waals surface area (Å²) in [6.45, 7) is 4.58. The van der Waals surface area contributed by atoms with Crippen molar-refractivity contribution in [2.45, 2.75) is 44.2 Å². The number of nitrogens with zero attached hydrogens (tertiary/aromatic N) is 6. The number of sulfonamides is 1. The smallest absolute Gasteiger partial charge is 0.209 e.